The van der Waals surface area contributed by atoms with Gasteiger partial charge in [0.2, 0.25) is 6.08 Å². The minimum atomic E-state index is -3.47. The summed E-state index contributed by atoms with van der Waals surface area (Å²) in [7, 11) is 0. The Hall–Kier alpha value is -1.61. The number of rotatable bonds is 3. The molecule has 0 amide bonds. The Balaban J connectivity index is 3.02. The van der Waals surface area contributed by atoms with Gasteiger partial charge in [-0.2, -0.15) is 13.8 Å². The number of halogens is 3. The molecule has 0 unspecified atom stereocenters. The Morgan fingerprint density at radius 1 is 1.36 bits per heavy atom. The van der Waals surface area contributed by atoms with E-state index in [4.69, 9.17) is 0 Å². The molecule has 0 saturated carbocycles. The Labute approximate surface area is 78.1 Å². The number of carbonyl (C=O) groups excluding carboxylic acids is 1. The number of hydrogen-bond acceptors (Lipinski definition) is 2. The van der Waals surface area contributed by atoms with Gasteiger partial charge in [0.05, 0.1) is 5.56 Å². The second-order valence-corrected chi connectivity index (χ2v) is 2.59. The molecule has 0 radical (unpaired) electrons. The highest BCUT2D eigenvalue weighted by atomic mass is 19.3. The molecular weight excluding hydrogens is 195 g/mol. The van der Waals surface area contributed by atoms with Crippen molar-refractivity contribution in [1.82, 2.24) is 0 Å². The first kappa shape index (κ1) is 10.5. The highest BCUT2D eigenvalue weighted by Gasteiger charge is 2.33. The first-order chi connectivity index (χ1) is 6.58. The van der Waals surface area contributed by atoms with Crippen molar-refractivity contribution in [3.05, 3.63) is 35.6 Å². The van der Waals surface area contributed by atoms with Crippen molar-refractivity contribution in [2.24, 2.45) is 4.99 Å². The average Bonchev–Trinajstić information content (AvgIpc) is 2.15. The monoisotopic (exact) mass is 201 g/mol. The van der Waals surface area contributed by atoms with Crippen LogP contribution in [0.5, 0.6) is 0 Å². The number of aliphatic imine (C=N–C) groups is 1. The van der Waals surface area contributed by atoms with Crippen LogP contribution in [-0.2, 0) is 10.7 Å². The lowest BCUT2D eigenvalue weighted by Gasteiger charge is -2.13. The molecule has 0 fully saturated rings. The van der Waals surface area contributed by atoms with Crippen LogP contribution in [0.25, 0.3) is 0 Å². The van der Waals surface area contributed by atoms with Gasteiger partial charge in [0, 0.05) is 0 Å². The van der Waals surface area contributed by atoms with Gasteiger partial charge in [-0.05, 0) is 6.07 Å². The van der Waals surface area contributed by atoms with Gasteiger partial charge < -0.3 is 0 Å². The maximum Gasteiger partial charge on any atom is 0.296 e. The molecule has 2 nitrogen and oxygen atoms in total. The van der Waals surface area contributed by atoms with Gasteiger partial charge in [-0.3, -0.25) is 0 Å². The molecule has 0 aliphatic heterocycles. The normalized spacial score (nSPS) is 10.8. The zero-order valence-electron chi connectivity index (χ0n) is 7.01. The second-order valence-electron chi connectivity index (χ2n) is 2.59. The molecule has 14 heavy (non-hydrogen) atoms. The third-order valence-electron chi connectivity index (χ3n) is 1.61. The van der Waals surface area contributed by atoms with E-state index in [1.807, 2.05) is 0 Å². The van der Waals surface area contributed by atoms with E-state index >= 15 is 0 Å². The molecule has 1 rings (SSSR count). The summed E-state index contributed by atoms with van der Waals surface area (Å²) in [6.45, 7) is -1.09. The third-order valence-corrected chi connectivity index (χ3v) is 1.61. The van der Waals surface area contributed by atoms with Gasteiger partial charge in [-0.25, -0.2) is 9.18 Å². The summed E-state index contributed by atoms with van der Waals surface area (Å²) < 4.78 is 39.1. The van der Waals surface area contributed by atoms with Crippen LogP contribution in [0.15, 0.2) is 29.3 Å². The van der Waals surface area contributed by atoms with Gasteiger partial charge in [-0.1, -0.05) is 18.2 Å². The van der Waals surface area contributed by atoms with Gasteiger partial charge in [0.25, 0.3) is 5.92 Å². The number of isocyanates is 1. The fourth-order valence-electron chi connectivity index (χ4n) is 0.975. The summed E-state index contributed by atoms with van der Waals surface area (Å²) in [5, 5.41) is 0. The van der Waals surface area contributed by atoms with E-state index < -0.39 is 23.8 Å². The van der Waals surface area contributed by atoms with Crippen LogP contribution >= 0.6 is 0 Å². The van der Waals surface area contributed by atoms with E-state index in [9.17, 15) is 18.0 Å². The standard InChI is InChI=1S/C9H6F3NO/c10-8-4-2-1-3-7(8)9(11,12)5-13-6-14/h1-4H,5H2. The quantitative estimate of drug-likeness (QED) is 0.544. The largest absolute Gasteiger partial charge is 0.296 e. The zero-order chi connectivity index (χ0) is 10.6. The lowest BCUT2D eigenvalue weighted by atomic mass is 10.1. The van der Waals surface area contributed by atoms with Gasteiger partial charge in [0.15, 0.2) is 0 Å². The second kappa shape index (κ2) is 4.07. The Kier molecular flexibility index (Phi) is 3.04. The van der Waals surface area contributed by atoms with Crippen LogP contribution in [0.1, 0.15) is 5.56 Å². The summed E-state index contributed by atoms with van der Waals surface area (Å²) in [6, 6.07) is 4.47. The smallest absolute Gasteiger partial charge is 0.211 e. The van der Waals surface area contributed by atoms with E-state index in [1.165, 1.54) is 12.1 Å². The van der Waals surface area contributed by atoms with Crippen LogP contribution in [0.3, 0.4) is 0 Å². The van der Waals surface area contributed by atoms with Crippen molar-refractivity contribution in [3.63, 3.8) is 0 Å². The number of nitrogens with zero attached hydrogens (tertiary/aromatic N) is 1. The lowest BCUT2D eigenvalue weighted by molar-refractivity contribution is 0.00298. The molecule has 0 atom stereocenters. The third kappa shape index (κ3) is 2.20. The summed E-state index contributed by atoms with van der Waals surface area (Å²) in [5.74, 6) is -4.48. The maximum absolute atomic E-state index is 13.1. The minimum absolute atomic E-state index is 0.765. The SMILES string of the molecule is O=C=NCC(F)(F)c1ccccc1F. The van der Waals surface area contributed by atoms with Crippen LogP contribution < -0.4 is 0 Å². The molecule has 0 saturated heterocycles. The summed E-state index contributed by atoms with van der Waals surface area (Å²) >= 11 is 0. The van der Waals surface area contributed by atoms with Crippen molar-refractivity contribution in [2.45, 2.75) is 5.92 Å². The van der Waals surface area contributed by atoms with Crippen LogP contribution in [0.2, 0.25) is 0 Å². The fraction of sp³-hybridized carbons (Fsp3) is 0.222. The topological polar surface area (TPSA) is 29.4 Å². The maximum atomic E-state index is 13.1. The average molecular weight is 201 g/mol. The predicted molar refractivity (Wildman–Crippen MR) is 43.3 cm³/mol. The molecule has 5 heteroatoms. The fourth-order valence-corrected chi connectivity index (χ4v) is 0.975. The summed E-state index contributed by atoms with van der Waals surface area (Å²) in [4.78, 5) is 12.4. The lowest BCUT2D eigenvalue weighted by Crippen LogP contribution is -2.19. The van der Waals surface area contributed by atoms with Crippen LogP contribution in [-0.4, -0.2) is 12.6 Å². The predicted octanol–water partition coefficient (Wildman–Crippen LogP) is 2.25. The molecule has 0 aromatic heterocycles. The van der Waals surface area contributed by atoms with E-state index in [-0.39, 0.29) is 0 Å². The van der Waals surface area contributed by atoms with Gasteiger partial charge in [-0.15, -0.1) is 0 Å². The summed E-state index contributed by atoms with van der Waals surface area (Å²) in [5.41, 5.74) is -0.765. The van der Waals surface area contributed by atoms with Crippen LogP contribution in [0, 0.1) is 5.82 Å². The van der Waals surface area contributed by atoms with Crippen molar-refractivity contribution in [1.29, 1.82) is 0 Å². The van der Waals surface area contributed by atoms with Crippen molar-refractivity contribution < 1.29 is 18.0 Å². The molecule has 0 aliphatic rings. The molecule has 0 N–H and O–H groups in total. The highest BCUT2D eigenvalue weighted by molar-refractivity contribution is 5.33. The Morgan fingerprint density at radius 3 is 2.57 bits per heavy atom. The van der Waals surface area contributed by atoms with Crippen molar-refractivity contribution >= 4 is 6.08 Å². The van der Waals surface area contributed by atoms with E-state index in [0.717, 1.165) is 18.2 Å². The van der Waals surface area contributed by atoms with Crippen LogP contribution in [0.4, 0.5) is 13.2 Å². The Morgan fingerprint density at radius 2 is 2.00 bits per heavy atom. The van der Waals surface area contributed by atoms with Gasteiger partial charge >= 0.3 is 0 Å². The number of hydrogen-bond donors (Lipinski definition) is 0. The molecule has 1 aromatic carbocycles. The van der Waals surface area contributed by atoms with Gasteiger partial charge in [0.1, 0.15) is 12.4 Å². The van der Waals surface area contributed by atoms with E-state index in [1.54, 1.807) is 0 Å². The number of alkyl halides is 2. The summed E-state index contributed by atoms with van der Waals surface area (Å²) in [6.07, 6.45) is 0.986. The first-order valence-corrected chi connectivity index (χ1v) is 3.74. The highest BCUT2D eigenvalue weighted by Crippen LogP contribution is 2.29. The molecule has 74 valence electrons. The first-order valence-electron chi connectivity index (χ1n) is 3.74. The molecule has 0 heterocycles. The van der Waals surface area contributed by atoms with Crippen molar-refractivity contribution in [2.75, 3.05) is 6.54 Å². The van der Waals surface area contributed by atoms with Crippen molar-refractivity contribution in [3.8, 4) is 0 Å². The van der Waals surface area contributed by atoms with E-state index in [2.05, 4.69) is 4.99 Å². The Bertz CT molecular complexity index is 372. The minimum Gasteiger partial charge on any atom is -0.211 e. The molecule has 0 spiro atoms. The molecule has 1 aromatic rings. The zero-order valence-corrected chi connectivity index (χ0v) is 7.01. The molecule has 0 aliphatic carbocycles. The molecule has 0 bridgehead atoms. The molecular formula is C9H6F3NO. The van der Waals surface area contributed by atoms with E-state index in [0.29, 0.717) is 0 Å². The number of benzene rings is 1.